The molecule has 0 atom stereocenters. The van der Waals surface area contributed by atoms with Gasteiger partial charge in [-0.15, -0.1) is 17.4 Å². The lowest BCUT2D eigenvalue weighted by Gasteiger charge is -2.11. The molecular weight excluding hydrogens is 330 g/mol. The van der Waals surface area contributed by atoms with Crippen LogP contribution in [0.5, 0.6) is 0 Å². The molecule has 0 saturated heterocycles. The molecule has 0 aliphatic carbocycles. The molecule has 3 rings (SSSR count). The van der Waals surface area contributed by atoms with Crippen molar-refractivity contribution in [1.29, 1.82) is 0 Å². The number of rotatable bonds is 8. The molecule has 0 radical (unpaired) electrons. The van der Waals surface area contributed by atoms with E-state index in [9.17, 15) is 4.79 Å². The van der Waals surface area contributed by atoms with Gasteiger partial charge in [0.15, 0.2) is 11.5 Å². The summed E-state index contributed by atoms with van der Waals surface area (Å²) in [6.07, 6.45) is 7.50. The number of carbonyl (C=O) groups excluding carboxylic acids is 1. The van der Waals surface area contributed by atoms with Crippen LogP contribution in [0.4, 0.5) is 5.69 Å². The summed E-state index contributed by atoms with van der Waals surface area (Å²) in [5.74, 6) is 3.17. The number of hydrogen-bond donors (Lipinski definition) is 1. The van der Waals surface area contributed by atoms with Gasteiger partial charge >= 0.3 is 0 Å². The predicted octanol–water partition coefficient (Wildman–Crippen LogP) is 3.22. The van der Waals surface area contributed by atoms with Crippen LogP contribution < -0.4 is 5.32 Å². The van der Waals surface area contributed by atoms with E-state index in [0.29, 0.717) is 37.2 Å². The quantitative estimate of drug-likeness (QED) is 0.738. The number of nitrogens with zero attached hydrogens (tertiary/aromatic N) is 6. The average molecular weight is 351 g/mol. The summed E-state index contributed by atoms with van der Waals surface area (Å²) < 4.78 is 1.74. The highest BCUT2D eigenvalue weighted by atomic mass is 16.1. The fourth-order valence-corrected chi connectivity index (χ4v) is 2.67. The van der Waals surface area contributed by atoms with E-state index in [-0.39, 0.29) is 11.9 Å². The molecule has 0 fully saturated rings. The van der Waals surface area contributed by atoms with Crippen LogP contribution in [0, 0.1) is 12.3 Å². The van der Waals surface area contributed by atoms with Crippen LogP contribution in [0.15, 0.2) is 34.5 Å². The minimum atomic E-state index is -0.440. The molecule has 1 aliphatic heterocycles. The summed E-state index contributed by atoms with van der Waals surface area (Å²) in [5, 5.41) is 22.8. The molecule has 1 amide bonds. The lowest BCUT2D eigenvalue weighted by atomic mass is 10.0. The minimum absolute atomic E-state index is 0.0806. The molecule has 134 valence electrons. The number of terminal acetylenes is 1. The fraction of sp³-hybridized carbons (Fsp3) is 0.444. The largest absolute Gasteiger partial charge is 0.326 e. The normalized spacial score (nSPS) is 14.2. The zero-order valence-electron chi connectivity index (χ0n) is 14.9. The molecule has 0 saturated carbocycles. The molecular formula is C18H21N7O. The highest BCUT2D eigenvalue weighted by Gasteiger charge is 2.39. The molecule has 0 unspecified atom stereocenters. The molecule has 1 N–H and O–H groups in total. The van der Waals surface area contributed by atoms with Crippen LogP contribution in [-0.4, -0.2) is 31.8 Å². The number of tetrazole rings is 1. The van der Waals surface area contributed by atoms with Gasteiger partial charge in [0.05, 0.1) is 6.04 Å². The Labute approximate surface area is 152 Å². The Hall–Kier alpha value is -3.08. The van der Waals surface area contributed by atoms with Crippen LogP contribution in [-0.2, 0) is 4.79 Å². The van der Waals surface area contributed by atoms with Crippen LogP contribution in [0.1, 0.15) is 45.6 Å². The van der Waals surface area contributed by atoms with Crippen molar-refractivity contribution in [3.8, 4) is 23.7 Å². The van der Waals surface area contributed by atoms with Crippen molar-refractivity contribution in [2.75, 3.05) is 5.32 Å². The van der Waals surface area contributed by atoms with Gasteiger partial charge in [-0.3, -0.25) is 4.79 Å². The third-order valence-corrected chi connectivity index (χ3v) is 4.19. The van der Waals surface area contributed by atoms with E-state index in [1.807, 2.05) is 38.1 Å². The minimum Gasteiger partial charge on any atom is -0.326 e. The Morgan fingerprint density at radius 1 is 1.35 bits per heavy atom. The number of anilines is 1. The first-order chi connectivity index (χ1) is 12.5. The zero-order chi connectivity index (χ0) is 18.6. The van der Waals surface area contributed by atoms with E-state index in [1.165, 1.54) is 0 Å². The van der Waals surface area contributed by atoms with Gasteiger partial charge in [-0.1, -0.05) is 12.1 Å². The van der Waals surface area contributed by atoms with Crippen molar-refractivity contribution in [3.05, 3.63) is 24.3 Å². The fourth-order valence-electron chi connectivity index (χ4n) is 2.67. The Kier molecular flexibility index (Phi) is 5.07. The average Bonchev–Trinajstić information content (AvgIpc) is 3.22. The topological polar surface area (TPSA) is 97.4 Å². The Morgan fingerprint density at radius 2 is 2.15 bits per heavy atom. The van der Waals surface area contributed by atoms with Crippen molar-refractivity contribution < 1.29 is 4.79 Å². The van der Waals surface area contributed by atoms with Gasteiger partial charge in [-0.05, 0) is 36.4 Å². The maximum absolute atomic E-state index is 12.3. The van der Waals surface area contributed by atoms with Gasteiger partial charge in [0.25, 0.3) is 0 Å². The van der Waals surface area contributed by atoms with E-state index in [1.54, 1.807) is 4.68 Å². The lowest BCUT2D eigenvalue weighted by molar-refractivity contribution is -0.116. The summed E-state index contributed by atoms with van der Waals surface area (Å²) in [6.45, 7) is 4.02. The standard InChI is InChI=1S/C18H21N7O/c1-4-5-10-18(21-22-18)11-9-16(26)19-15-8-6-7-14(12-15)17-20-23-24-25(17)13(2)3/h1,6-8,12-13H,5,9-11H2,2-3H3,(H,19,26). The Morgan fingerprint density at radius 3 is 2.85 bits per heavy atom. The summed E-state index contributed by atoms with van der Waals surface area (Å²) in [5.41, 5.74) is 1.11. The third kappa shape index (κ3) is 4.11. The van der Waals surface area contributed by atoms with Crippen molar-refractivity contribution in [2.24, 2.45) is 10.2 Å². The lowest BCUT2D eigenvalue weighted by Crippen LogP contribution is -2.17. The first kappa shape index (κ1) is 17.7. The summed E-state index contributed by atoms with van der Waals surface area (Å²) in [4.78, 5) is 12.3. The molecule has 8 nitrogen and oxygen atoms in total. The Balaban J connectivity index is 1.61. The van der Waals surface area contributed by atoms with Crippen molar-refractivity contribution >= 4 is 11.6 Å². The van der Waals surface area contributed by atoms with E-state index in [2.05, 4.69) is 37.0 Å². The van der Waals surface area contributed by atoms with Gasteiger partial charge in [0.1, 0.15) is 0 Å². The molecule has 8 heteroatoms. The summed E-state index contributed by atoms with van der Waals surface area (Å²) in [6, 6.07) is 7.62. The monoisotopic (exact) mass is 351 g/mol. The predicted molar refractivity (Wildman–Crippen MR) is 97.2 cm³/mol. The van der Waals surface area contributed by atoms with Crippen LogP contribution in [0.3, 0.4) is 0 Å². The second-order valence-corrected chi connectivity index (χ2v) is 6.56. The van der Waals surface area contributed by atoms with Gasteiger partial charge in [-0.2, -0.15) is 10.2 Å². The molecule has 0 bridgehead atoms. The van der Waals surface area contributed by atoms with Crippen LogP contribution in [0.2, 0.25) is 0 Å². The van der Waals surface area contributed by atoms with E-state index < -0.39 is 5.66 Å². The highest BCUT2D eigenvalue weighted by Crippen LogP contribution is 2.37. The second kappa shape index (κ2) is 7.44. The van der Waals surface area contributed by atoms with Crippen molar-refractivity contribution in [1.82, 2.24) is 20.2 Å². The number of amides is 1. The van der Waals surface area contributed by atoms with Gasteiger partial charge in [0, 0.05) is 36.9 Å². The van der Waals surface area contributed by atoms with Crippen LogP contribution >= 0.6 is 0 Å². The zero-order valence-corrected chi connectivity index (χ0v) is 14.9. The van der Waals surface area contributed by atoms with Crippen molar-refractivity contribution in [3.63, 3.8) is 0 Å². The maximum Gasteiger partial charge on any atom is 0.224 e. The molecule has 1 aromatic heterocycles. The summed E-state index contributed by atoms with van der Waals surface area (Å²) in [7, 11) is 0. The number of benzene rings is 1. The maximum atomic E-state index is 12.3. The number of nitrogens with one attached hydrogen (secondary N) is 1. The number of hydrogen-bond acceptors (Lipinski definition) is 6. The van der Waals surface area contributed by atoms with E-state index >= 15 is 0 Å². The smallest absolute Gasteiger partial charge is 0.224 e. The number of aromatic nitrogens is 4. The molecule has 2 heterocycles. The van der Waals surface area contributed by atoms with Crippen LogP contribution in [0.25, 0.3) is 11.4 Å². The molecule has 1 aromatic carbocycles. The molecule has 26 heavy (non-hydrogen) atoms. The van der Waals surface area contributed by atoms with E-state index in [0.717, 1.165) is 5.56 Å². The summed E-state index contributed by atoms with van der Waals surface area (Å²) >= 11 is 0. The molecule has 0 spiro atoms. The first-order valence-electron chi connectivity index (χ1n) is 8.59. The van der Waals surface area contributed by atoms with Gasteiger partial charge in [0.2, 0.25) is 5.91 Å². The van der Waals surface area contributed by atoms with E-state index in [4.69, 9.17) is 6.42 Å². The Bertz CT molecular complexity index is 856. The second-order valence-electron chi connectivity index (χ2n) is 6.56. The van der Waals surface area contributed by atoms with Gasteiger partial charge in [-0.25, -0.2) is 4.68 Å². The first-order valence-corrected chi connectivity index (χ1v) is 8.59. The number of carbonyl (C=O) groups is 1. The molecule has 2 aromatic rings. The molecule has 1 aliphatic rings. The van der Waals surface area contributed by atoms with Gasteiger partial charge < -0.3 is 5.32 Å². The third-order valence-electron chi connectivity index (χ3n) is 4.19. The SMILES string of the molecule is C#CCCC1(CCC(=O)Nc2cccc(-c3nnnn3C(C)C)c2)N=N1. The van der Waals surface area contributed by atoms with Crippen molar-refractivity contribution in [2.45, 2.75) is 51.2 Å². The highest BCUT2D eigenvalue weighted by molar-refractivity contribution is 5.91.